The summed E-state index contributed by atoms with van der Waals surface area (Å²) in [6.45, 7) is 6.70. The maximum atomic E-state index is 14.5. The largest absolute Gasteiger partial charge is 0.360 e. The zero-order valence-corrected chi connectivity index (χ0v) is 21.4. The molecular weight excluding hydrogens is 517 g/mol. The van der Waals surface area contributed by atoms with Gasteiger partial charge in [0.1, 0.15) is 0 Å². The molecule has 1 aliphatic rings. The van der Waals surface area contributed by atoms with Crippen molar-refractivity contribution in [3.63, 3.8) is 0 Å². The van der Waals surface area contributed by atoms with Gasteiger partial charge >= 0.3 is 7.60 Å². The van der Waals surface area contributed by atoms with Crippen LogP contribution in [-0.2, 0) is 28.9 Å². The van der Waals surface area contributed by atoms with Gasteiger partial charge < -0.3 is 9.05 Å². The molecule has 0 bridgehead atoms. The fourth-order valence-electron chi connectivity index (χ4n) is 3.45. The summed E-state index contributed by atoms with van der Waals surface area (Å²) in [6, 6.07) is 14.1. The highest BCUT2D eigenvalue weighted by Gasteiger charge is 2.58. The fraction of sp³-hybridized carbons (Fsp3) is 0.318. The van der Waals surface area contributed by atoms with Crippen LogP contribution < -0.4 is 4.72 Å². The number of carbonyl (C=O) groups excluding carboxylic acids is 1. The second-order valence-corrected chi connectivity index (χ2v) is 12.5. The molecule has 0 aromatic heterocycles. The molecule has 172 valence electrons. The Balaban J connectivity index is 2.36. The van der Waals surface area contributed by atoms with Crippen LogP contribution in [0.3, 0.4) is 0 Å². The highest BCUT2D eigenvalue weighted by atomic mass is 79.9. The molecule has 0 saturated heterocycles. The Labute approximate surface area is 196 Å². The Morgan fingerprint density at radius 3 is 2.03 bits per heavy atom. The topological polar surface area (TPSA) is 98.8 Å². The van der Waals surface area contributed by atoms with Gasteiger partial charge in [-0.2, -0.15) is 4.72 Å². The molecule has 0 fully saturated rings. The number of rotatable bonds is 8. The Morgan fingerprint density at radius 1 is 0.938 bits per heavy atom. The van der Waals surface area contributed by atoms with E-state index in [1.165, 1.54) is 18.2 Å². The molecule has 0 heterocycles. The van der Waals surface area contributed by atoms with Crippen molar-refractivity contribution >= 4 is 39.3 Å². The molecular formula is C22H25BrNO6PS. The summed E-state index contributed by atoms with van der Waals surface area (Å²) in [6.07, 6.45) is 0.160. The van der Waals surface area contributed by atoms with Gasteiger partial charge in [0.15, 0.2) is 11.1 Å². The maximum absolute atomic E-state index is 14.5. The number of fused-ring (bicyclic) bond motifs is 1. The van der Waals surface area contributed by atoms with Gasteiger partial charge in [0.2, 0.25) is 10.0 Å². The van der Waals surface area contributed by atoms with E-state index in [1.54, 1.807) is 70.2 Å². The lowest BCUT2D eigenvalue weighted by Crippen LogP contribution is -2.48. The average Bonchev–Trinajstić information content (AvgIpc) is 2.71. The van der Waals surface area contributed by atoms with Crippen molar-refractivity contribution in [2.24, 2.45) is 0 Å². The van der Waals surface area contributed by atoms with Crippen LogP contribution in [0.5, 0.6) is 0 Å². The summed E-state index contributed by atoms with van der Waals surface area (Å²) in [7, 11) is -8.52. The molecule has 7 nitrogen and oxygen atoms in total. The van der Waals surface area contributed by atoms with Gasteiger partial charge in [-0.15, -0.1) is 0 Å². The van der Waals surface area contributed by atoms with E-state index >= 15 is 0 Å². The van der Waals surface area contributed by atoms with E-state index in [4.69, 9.17) is 9.05 Å². The van der Waals surface area contributed by atoms with Crippen molar-refractivity contribution in [3.8, 4) is 0 Å². The second kappa shape index (κ2) is 9.33. The molecule has 3 rings (SSSR count). The van der Waals surface area contributed by atoms with Crippen LogP contribution >= 0.6 is 23.5 Å². The van der Waals surface area contributed by atoms with E-state index in [-0.39, 0.29) is 26.3 Å². The quantitative estimate of drug-likeness (QED) is 0.453. The summed E-state index contributed by atoms with van der Waals surface area (Å²) in [4.78, 5) is 12.8. The summed E-state index contributed by atoms with van der Waals surface area (Å²) < 4.78 is 55.7. The van der Waals surface area contributed by atoms with Crippen molar-refractivity contribution in [1.29, 1.82) is 0 Å². The highest BCUT2D eigenvalue weighted by molar-refractivity contribution is 9.12. The third-order valence-electron chi connectivity index (χ3n) is 4.61. The molecule has 1 atom stereocenters. The summed E-state index contributed by atoms with van der Waals surface area (Å²) in [5, 5.41) is -1.99. The number of halogens is 1. The molecule has 1 aliphatic carbocycles. The third-order valence-corrected chi connectivity index (χ3v) is 9.58. The second-order valence-electron chi connectivity index (χ2n) is 7.86. The Hall–Kier alpha value is -1.61. The van der Waals surface area contributed by atoms with Crippen molar-refractivity contribution in [2.45, 2.75) is 50.1 Å². The van der Waals surface area contributed by atoms with Gasteiger partial charge in [-0.3, -0.25) is 9.36 Å². The van der Waals surface area contributed by atoms with Crippen LogP contribution in [0.15, 0.2) is 70.1 Å². The van der Waals surface area contributed by atoms with E-state index in [2.05, 4.69) is 20.7 Å². The molecule has 0 unspecified atom stereocenters. The minimum atomic E-state index is -4.30. The molecule has 0 radical (unpaired) electrons. The number of Topliss-reactive ketones (excluding diaryl/α,β-unsaturated/α-hetero) is 1. The molecule has 10 heteroatoms. The smallest absolute Gasteiger partial charge is 0.304 e. The normalized spacial score (nSPS) is 19.2. The van der Waals surface area contributed by atoms with E-state index in [1.807, 2.05) is 0 Å². The lowest BCUT2D eigenvalue weighted by molar-refractivity contribution is 0.103. The van der Waals surface area contributed by atoms with Crippen LogP contribution in [0.2, 0.25) is 0 Å². The number of hydrogen-bond acceptors (Lipinski definition) is 6. The van der Waals surface area contributed by atoms with Gasteiger partial charge in [-0.05, 0) is 61.8 Å². The van der Waals surface area contributed by atoms with Crippen molar-refractivity contribution < 1.29 is 26.8 Å². The minimum Gasteiger partial charge on any atom is -0.304 e. The minimum absolute atomic E-state index is 0.0288. The van der Waals surface area contributed by atoms with Gasteiger partial charge in [0.25, 0.3) is 0 Å². The van der Waals surface area contributed by atoms with Gasteiger partial charge in [-0.25, -0.2) is 8.42 Å². The Morgan fingerprint density at radius 2 is 1.47 bits per heavy atom. The van der Waals surface area contributed by atoms with E-state index in [9.17, 15) is 17.8 Å². The van der Waals surface area contributed by atoms with Gasteiger partial charge in [-0.1, -0.05) is 42.5 Å². The standard InChI is InChI=1S/C22H25BrNO6PS/c1-15(2)29-31(26,30-16(3)4)22(24-32(27,28)17-10-6-5-7-11-17)14-20(23)21(25)18-12-8-9-13-19(18)22/h5-16,24H,1-4H3/t22-/m1/s1. The molecule has 1 N–H and O–H groups in total. The molecule has 0 saturated carbocycles. The summed E-state index contributed by atoms with van der Waals surface area (Å²) in [5.41, 5.74) is 0.384. The van der Waals surface area contributed by atoms with Gasteiger partial charge in [0, 0.05) is 11.1 Å². The lowest BCUT2D eigenvalue weighted by Gasteiger charge is -2.41. The monoisotopic (exact) mass is 541 g/mol. The number of nitrogens with one attached hydrogen (secondary N) is 1. The SMILES string of the molecule is CC(C)OP(=O)(OC(C)C)[C@]1(NS(=O)(=O)c2ccccc2)C=C(Br)C(=O)c2ccccc21. The number of ketones is 1. The Kier molecular flexibility index (Phi) is 7.29. The van der Waals surface area contributed by atoms with Crippen LogP contribution in [-0.4, -0.2) is 26.4 Å². The number of hydrogen-bond donors (Lipinski definition) is 1. The molecule has 32 heavy (non-hydrogen) atoms. The zero-order valence-electron chi connectivity index (χ0n) is 18.1. The van der Waals surface area contributed by atoms with Crippen LogP contribution in [0.4, 0.5) is 0 Å². The molecule has 0 aliphatic heterocycles. The Bertz CT molecular complexity index is 1180. The van der Waals surface area contributed by atoms with Crippen molar-refractivity contribution in [1.82, 2.24) is 4.72 Å². The summed E-state index contributed by atoms with van der Waals surface area (Å²) >= 11 is 3.23. The fourth-order valence-corrected chi connectivity index (χ4v) is 8.47. The number of allylic oxidation sites excluding steroid dienone is 1. The zero-order chi connectivity index (χ0) is 23.7. The third kappa shape index (κ3) is 4.69. The van der Waals surface area contributed by atoms with Crippen LogP contribution in [0.1, 0.15) is 43.6 Å². The number of benzene rings is 2. The first-order valence-corrected chi connectivity index (χ1v) is 13.8. The van der Waals surface area contributed by atoms with Crippen LogP contribution in [0, 0.1) is 0 Å². The molecule has 2 aromatic rings. The van der Waals surface area contributed by atoms with Crippen LogP contribution in [0.25, 0.3) is 0 Å². The predicted octanol–water partition coefficient (Wildman–Crippen LogP) is 5.34. The maximum Gasteiger partial charge on any atom is 0.360 e. The molecule has 2 aromatic carbocycles. The first-order valence-electron chi connectivity index (χ1n) is 10.0. The van der Waals surface area contributed by atoms with E-state index < -0.39 is 35.1 Å². The predicted molar refractivity (Wildman–Crippen MR) is 126 cm³/mol. The van der Waals surface area contributed by atoms with Crippen molar-refractivity contribution in [3.05, 3.63) is 76.3 Å². The van der Waals surface area contributed by atoms with E-state index in [0.29, 0.717) is 0 Å². The summed E-state index contributed by atoms with van der Waals surface area (Å²) in [5.74, 6) is -0.365. The number of sulfonamides is 1. The number of carbonyl (C=O) groups is 1. The highest BCUT2D eigenvalue weighted by Crippen LogP contribution is 2.67. The first kappa shape index (κ1) is 25.0. The van der Waals surface area contributed by atoms with Crippen molar-refractivity contribution in [2.75, 3.05) is 0 Å². The average molecular weight is 542 g/mol. The lowest BCUT2D eigenvalue weighted by atomic mass is 9.92. The molecule has 0 spiro atoms. The van der Waals surface area contributed by atoms with Gasteiger partial charge in [0.05, 0.1) is 21.6 Å². The van der Waals surface area contributed by atoms with E-state index in [0.717, 1.165) is 0 Å². The molecule has 0 amide bonds. The first-order chi connectivity index (χ1) is 14.9.